The average Bonchev–Trinajstić information content (AvgIpc) is 2.56. The highest BCUT2D eigenvalue weighted by Crippen LogP contribution is 2.62. The van der Waals surface area contributed by atoms with E-state index in [-0.39, 0.29) is 16.8 Å². The van der Waals surface area contributed by atoms with Gasteiger partial charge in [-0.15, -0.1) is 0 Å². The lowest BCUT2D eigenvalue weighted by molar-refractivity contribution is -0.141. The standard InChI is InChI=1S/C22H36O4/c1-15(11-14-26-17(3)23)9-12-21(4)16(2)10-13-22(5)18(20(24)25)7-6-8-19(21)22/h7,15-16,19H,6,8-14H2,1-5H3,(H,24,25)/t15-,16+,19+,21-,22+/m0/s1. The minimum atomic E-state index is -0.733. The van der Waals surface area contributed by atoms with Crippen LogP contribution in [-0.4, -0.2) is 23.7 Å². The summed E-state index contributed by atoms with van der Waals surface area (Å²) in [4.78, 5) is 22.8. The Morgan fingerprint density at radius 2 is 2.00 bits per heavy atom. The van der Waals surface area contributed by atoms with Gasteiger partial charge in [-0.05, 0) is 61.7 Å². The molecule has 0 saturated heterocycles. The number of carboxylic acids is 1. The fraction of sp³-hybridized carbons (Fsp3) is 0.818. The van der Waals surface area contributed by atoms with Crippen LogP contribution in [0.25, 0.3) is 0 Å². The Morgan fingerprint density at radius 1 is 1.31 bits per heavy atom. The Bertz CT molecular complexity index is 566. The van der Waals surface area contributed by atoms with E-state index < -0.39 is 5.97 Å². The molecule has 0 aromatic carbocycles. The summed E-state index contributed by atoms with van der Waals surface area (Å²) < 4.78 is 5.08. The third-order valence-electron chi connectivity index (χ3n) is 7.53. The largest absolute Gasteiger partial charge is 0.478 e. The molecule has 0 heterocycles. The second-order valence-electron chi connectivity index (χ2n) is 9.19. The molecule has 2 rings (SSSR count). The fourth-order valence-electron chi connectivity index (χ4n) is 5.55. The summed E-state index contributed by atoms with van der Waals surface area (Å²) in [5.74, 6) is 0.592. The molecule has 0 spiro atoms. The molecule has 4 heteroatoms. The number of fused-ring (bicyclic) bond motifs is 1. The Labute approximate surface area is 158 Å². The van der Waals surface area contributed by atoms with Gasteiger partial charge in [-0.3, -0.25) is 4.79 Å². The van der Waals surface area contributed by atoms with Crippen LogP contribution in [0.15, 0.2) is 11.6 Å². The summed E-state index contributed by atoms with van der Waals surface area (Å²) in [6, 6.07) is 0. The minimum absolute atomic E-state index is 0.164. The normalized spacial score (nSPS) is 35.2. The number of esters is 1. The molecule has 26 heavy (non-hydrogen) atoms. The third-order valence-corrected chi connectivity index (χ3v) is 7.53. The van der Waals surface area contributed by atoms with Crippen molar-refractivity contribution in [3.05, 3.63) is 11.6 Å². The highest BCUT2D eigenvalue weighted by molar-refractivity contribution is 5.88. The third kappa shape index (κ3) is 4.15. The van der Waals surface area contributed by atoms with Gasteiger partial charge in [0.25, 0.3) is 0 Å². The summed E-state index contributed by atoms with van der Waals surface area (Å²) >= 11 is 0. The maximum atomic E-state index is 11.8. The number of carbonyl (C=O) groups is 2. The number of aliphatic carboxylic acids is 1. The van der Waals surface area contributed by atoms with Crippen molar-refractivity contribution in [2.75, 3.05) is 6.61 Å². The monoisotopic (exact) mass is 364 g/mol. The molecule has 2 aliphatic rings. The molecule has 5 atom stereocenters. The summed E-state index contributed by atoms with van der Waals surface area (Å²) in [6.07, 6.45) is 9.12. The van der Waals surface area contributed by atoms with Gasteiger partial charge in [0.15, 0.2) is 0 Å². The summed E-state index contributed by atoms with van der Waals surface area (Å²) in [7, 11) is 0. The number of allylic oxidation sites excluding steroid dienone is 1. The van der Waals surface area contributed by atoms with E-state index in [9.17, 15) is 14.7 Å². The number of carboxylic acid groups (broad SMARTS) is 1. The average molecular weight is 365 g/mol. The van der Waals surface area contributed by atoms with Crippen LogP contribution in [-0.2, 0) is 14.3 Å². The topological polar surface area (TPSA) is 63.6 Å². The summed E-state index contributed by atoms with van der Waals surface area (Å²) in [5, 5.41) is 9.73. The molecule has 148 valence electrons. The zero-order valence-corrected chi connectivity index (χ0v) is 17.1. The van der Waals surface area contributed by atoms with Gasteiger partial charge in [-0.1, -0.05) is 40.2 Å². The van der Waals surface area contributed by atoms with Gasteiger partial charge in [0, 0.05) is 17.9 Å². The molecule has 4 nitrogen and oxygen atoms in total. The lowest BCUT2D eigenvalue weighted by Crippen LogP contribution is -2.51. The van der Waals surface area contributed by atoms with E-state index in [1.54, 1.807) is 0 Å². The molecule has 0 aliphatic heterocycles. The van der Waals surface area contributed by atoms with Crippen LogP contribution in [0, 0.1) is 28.6 Å². The molecular weight excluding hydrogens is 328 g/mol. The van der Waals surface area contributed by atoms with Crippen LogP contribution >= 0.6 is 0 Å². The van der Waals surface area contributed by atoms with Crippen LogP contribution in [0.3, 0.4) is 0 Å². The first-order valence-electron chi connectivity index (χ1n) is 10.2. The van der Waals surface area contributed by atoms with E-state index in [0.29, 0.717) is 29.9 Å². The van der Waals surface area contributed by atoms with E-state index >= 15 is 0 Å². The number of ether oxygens (including phenoxy) is 1. The van der Waals surface area contributed by atoms with Gasteiger partial charge >= 0.3 is 11.9 Å². The second-order valence-corrected chi connectivity index (χ2v) is 9.19. The molecule has 1 fully saturated rings. The molecule has 0 radical (unpaired) electrons. The number of hydrogen-bond donors (Lipinski definition) is 1. The van der Waals surface area contributed by atoms with Crippen molar-refractivity contribution in [1.29, 1.82) is 0 Å². The van der Waals surface area contributed by atoms with Crippen molar-refractivity contribution >= 4 is 11.9 Å². The van der Waals surface area contributed by atoms with Crippen molar-refractivity contribution in [2.24, 2.45) is 28.6 Å². The molecule has 0 aromatic heterocycles. The van der Waals surface area contributed by atoms with Crippen molar-refractivity contribution < 1.29 is 19.4 Å². The van der Waals surface area contributed by atoms with Crippen LogP contribution in [0.4, 0.5) is 0 Å². The number of carbonyl (C=O) groups excluding carboxylic acids is 1. The Balaban J connectivity index is 2.09. The quantitative estimate of drug-likeness (QED) is 0.629. The molecular formula is C22H36O4. The first kappa shape index (κ1) is 21.0. The molecule has 1 N–H and O–H groups in total. The van der Waals surface area contributed by atoms with Crippen molar-refractivity contribution in [2.45, 2.75) is 79.6 Å². The Morgan fingerprint density at radius 3 is 2.62 bits per heavy atom. The lowest BCUT2D eigenvalue weighted by atomic mass is 9.46. The maximum Gasteiger partial charge on any atom is 0.331 e. The van der Waals surface area contributed by atoms with Gasteiger partial charge in [-0.25, -0.2) is 4.79 Å². The molecule has 0 aromatic rings. The Kier molecular flexibility index (Phi) is 6.57. The highest BCUT2D eigenvalue weighted by Gasteiger charge is 2.55. The van der Waals surface area contributed by atoms with Gasteiger partial charge in [0.05, 0.1) is 6.61 Å². The molecule has 1 saturated carbocycles. The first-order chi connectivity index (χ1) is 12.1. The van der Waals surface area contributed by atoms with Crippen molar-refractivity contribution in [1.82, 2.24) is 0 Å². The number of hydrogen-bond acceptors (Lipinski definition) is 3. The van der Waals surface area contributed by atoms with E-state index in [4.69, 9.17) is 4.74 Å². The smallest absolute Gasteiger partial charge is 0.331 e. The van der Waals surface area contributed by atoms with E-state index in [1.807, 2.05) is 6.08 Å². The van der Waals surface area contributed by atoms with Gasteiger partial charge in [-0.2, -0.15) is 0 Å². The predicted octanol–water partition coefficient (Wildman–Crippen LogP) is 5.22. The van der Waals surface area contributed by atoms with Crippen LogP contribution < -0.4 is 0 Å². The highest BCUT2D eigenvalue weighted by atomic mass is 16.5. The lowest BCUT2D eigenvalue weighted by Gasteiger charge is -2.57. The molecule has 0 amide bonds. The zero-order valence-electron chi connectivity index (χ0n) is 17.1. The molecule has 0 unspecified atom stereocenters. The van der Waals surface area contributed by atoms with Crippen LogP contribution in [0.2, 0.25) is 0 Å². The Hall–Kier alpha value is -1.32. The predicted molar refractivity (Wildman–Crippen MR) is 103 cm³/mol. The van der Waals surface area contributed by atoms with Crippen molar-refractivity contribution in [3.63, 3.8) is 0 Å². The number of rotatable bonds is 7. The maximum absolute atomic E-state index is 11.8. The van der Waals surface area contributed by atoms with Crippen LogP contribution in [0.5, 0.6) is 0 Å². The SMILES string of the molecule is CC(=O)OCC[C@@H](C)CC[C@@]1(C)[C@H](C)CC[C@]2(C)C(C(=O)O)=CCC[C@H]12. The van der Waals surface area contributed by atoms with E-state index in [2.05, 4.69) is 27.7 Å². The minimum Gasteiger partial charge on any atom is -0.478 e. The van der Waals surface area contributed by atoms with Crippen LogP contribution in [0.1, 0.15) is 79.6 Å². The molecule has 2 aliphatic carbocycles. The summed E-state index contributed by atoms with van der Waals surface area (Å²) in [5.41, 5.74) is 0.610. The van der Waals surface area contributed by atoms with Gasteiger partial charge < -0.3 is 9.84 Å². The van der Waals surface area contributed by atoms with E-state index in [0.717, 1.165) is 44.9 Å². The first-order valence-corrected chi connectivity index (χ1v) is 10.2. The van der Waals surface area contributed by atoms with Gasteiger partial charge in [0.1, 0.15) is 0 Å². The fourth-order valence-corrected chi connectivity index (χ4v) is 5.55. The van der Waals surface area contributed by atoms with Gasteiger partial charge in [0.2, 0.25) is 0 Å². The van der Waals surface area contributed by atoms with Crippen molar-refractivity contribution in [3.8, 4) is 0 Å². The zero-order chi connectivity index (χ0) is 19.5. The molecule has 0 bridgehead atoms. The second kappa shape index (κ2) is 8.14. The summed E-state index contributed by atoms with van der Waals surface area (Å²) in [6.45, 7) is 11.1. The van der Waals surface area contributed by atoms with E-state index in [1.165, 1.54) is 6.92 Å².